The summed E-state index contributed by atoms with van der Waals surface area (Å²) >= 11 is 0. The van der Waals surface area contributed by atoms with Gasteiger partial charge in [0.1, 0.15) is 0 Å². The van der Waals surface area contributed by atoms with E-state index in [-0.39, 0.29) is 0 Å². The van der Waals surface area contributed by atoms with Crippen LogP contribution < -0.4 is 5.43 Å². The Morgan fingerprint density at radius 1 is 1.62 bits per heavy atom. The van der Waals surface area contributed by atoms with Gasteiger partial charge in [0.25, 0.3) is 0 Å². The lowest BCUT2D eigenvalue weighted by Crippen LogP contribution is -2.22. The molecule has 1 rings (SSSR count). The zero-order chi connectivity index (χ0) is 5.82. The van der Waals surface area contributed by atoms with Crippen LogP contribution in [0.3, 0.4) is 0 Å². The van der Waals surface area contributed by atoms with Crippen molar-refractivity contribution in [2.24, 2.45) is 10.1 Å². The highest BCUT2D eigenvalue weighted by atomic mass is 15.3. The topological polar surface area (TPSA) is 36.8 Å². The van der Waals surface area contributed by atoms with E-state index in [0.717, 1.165) is 6.54 Å². The predicted molar refractivity (Wildman–Crippen MR) is 34.4 cm³/mol. The van der Waals surface area contributed by atoms with Crippen LogP contribution in [0.25, 0.3) is 0 Å². The van der Waals surface area contributed by atoms with Crippen LogP contribution in [0, 0.1) is 0 Å². The van der Waals surface area contributed by atoms with Crippen LogP contribution in [-0.2, 0) is 0 Å². The van der Waals surface area contributed by atoms with Gasteiger partial charge >= 0.3 is 0 Å². The van der Waals surface area contributed by atoms with Crippen LogP contribution in [-0.4, -0.2) is 25.0 Å². The highest BCUT2D eigenvalue weighted by Crippen LogP contribution is 1.83. The fraction of sp³-hybridized carbons (Fsp3) is 0.600. The van der Waals surface area contributed by atoms with Crippen molar-refractivity contribution in [1.29, 1.82) is 0 Å². The monoisotopic (exact) mass is 111 g/mol. The van der Waals surface area contributed by atoms with Gasteiger partial charge in [-0.15, -0.1) is 0 Å². The molecule has 3 nitrogen and oxygen atoms in total. The minimum atomic E-state index is 0.380. The quantitative estimate of drug-likeness (QED) is 0.470. The van der Waals surface area contributed by atoms with Crippen molar-refractivity contribution in [3.05, 3.63) is 0 Å². The van der Waals surface area contributed by atoms with E-state index < -0.39 is 0 Å². The smallest absolute Gasteiger partial charge is 0.0646 e. The second-order valence-corrected chi connectivity index (χ2v) is 1.82. The molecule has 8 heavy (non-hydrogen) atoms. The van der Waals surface area contributed by atoms with Crippen molar-refractivity contribution >= 4 is 12.4 Å². The molecular formula is C5H9N3. The van der Waals surface area contributed by atoms with Crippen molar-refractivity contribution in [3.63, 3.8) is 0 Å². The molecule has 0 amide bonds. The Morgan fingerprint density at radius 2 is 2.50 bits per heavy atom. The van der Waals surface area contributed by atoms with Gasteiger partial charge in [-0.3, -0.25) is 4.99 Å². The molecule has 1 N–H and O–H groups in total. The van der Waals surface area contributed by atoms with E-state index in [0.29, 0.717) is 6.04 Å². The molecule has 1 aliphatic rings. The maximum absolute atomic E-state index is 4.02. The fourth-order valence-corrected chi connectivity index (χ4v) is 0.511. The molecule has 0 unspecified atom stereocenters. The lowest BCUT2D eigenvalue weighted by molar-refractivity contribution is 0.590. The molecule has 0 saturated carbocycles. The molecule has 3 heteroatoms. The molecule has 1 atom stereocenters. The van der Waals surface area contributed by atoms with Gasteiger partial charge in [0.05, 0.1) is 18.8 Å². The second kappa shape index (κ2) is 2.45. The minimum Gasteiger partial charge on any atom is -0.305 e. The van der Waals surface area contributed by atoms with E-state index in [4.69, 9.17) is 0 Å². The number of hydrogen-bond donors (Lipinski definition) is 1. The maximum Gasteiger partial charge on any atom is 0.0646 e. The van der Waals surface area contributed by atoms with E-state index in [1.165, 1.54) is 0 Å². The molecule has 0 aromatic carbocycles. The Kier molecular flexibility index (Phi) is 1.62. The molecule has 0 radical (unpaired) electrons. The van der Waals surface area contributed by atoms with E-state index in [2.05, 4.69) is 15.5 Å². The number of hydrazone groups is 1. The lowest BCUT2D eigenvalue weighted by atomic mass is 10.4. The minimum absolute atomic E-state index is 0.380. The first-order valence-electron chi connectivity index (χ1n) is 2.66. The second-order valence-electron chi connectivity index (χ2n) is 1.82. The number of rotatable bonds is 0. The van der Waals surface area contributed by atoms with Gasteiger partial charge in [0.15, 0.2) is 0 Å². The van der Waals surface area contributed by atoms with Gasteiger partial charge in [-0.2, -0.15) is 5.10 Å². The van der Waals surface area contributed by atoms with E-state index in [1.807, 2.05) is 6.92 Å². The zero-order valence-corrected chi connectivity index (χ0v) is 4.83. The first-order valence-corrected chi connectivity index (χ1v) is 2.66. The Bertz CT molecular complexity index is 103. The first kappa shape index (κ1) is 5.28. The van der Waals surface area contributed by atoms with Gasteiger partial charge in [0.2, 0.25) is 0 Å². The number of aliphatic imine (C=N–C) groups is 1. The molecular weight excluding hydrogens is 102 g/mol. The number of nitrogens with one attached hydrogen (secondary N) is 1. The summed E-state index contributed by atoms with van der Waals surface area (Å²) in [5, 5.41) is 3.83. The highest BCUT2D eigenvalue weighted by molar-refractivity contribution is 6.16. The van der Waals surface area contributed by atoms with Crippen molar-refractivity contribution in [2.75, 3.05) is 6.54 Å². The normalized spacial score (nSPS) is 26.9. The molecule has 0 aliphatic carbocycles. The standard InChI is InChI=1S/C5H9N3/c1-5-4-6-2-3-7-8-5/h2-3,5,8H,4H2,1H3/t5-/m1/s1. The van der Waals surface area contributed by atoms with Crippen LogP contribution in [0.5, 0.6) is 0 Å². The van der Waals surface area contributed by atoms with Crippen molar-refractivity contribution in [1.82, 2.24) is 5.43 Å². The van der Waals surface area contributed by atoms with Crippen LogP contribution in [0.1, 0.15) is 6.92 Å². The summed E-state index contributed by atoms with van der Waals surface area (Å²) < 4.78 is 0. The number of hydrogen-bond acceptors (Lipinski definition) is 3. The third-order valence-corrected chi connectivity index (χ3v) is 0.921. The third kappa shape index (κ3) is 1.33. The Hall–Kier alpha value is -0.860. The van der Waals surface area contributed by atoms with Crippen LogP contribution in [0.2, 0.25) is 0 Å². The average molecular weight is 111 g/mol. The predicted octanol–water partition coefficient (Wildman–Crippen LogP) is 0.0347. The van der Waals surface area contributed by atoms with Crippen molar-refractivity contribution < 1.29 is 0 Å². The van der Waals surface area contributed by atoms with Gasteiger partial charge < -0.3 is 5.43 Å². The molecule has 0 bridgehead atoms. The van der Waals surface area contributed by atoms with Crippen LogP contribution in [0.15, 0.2) is 10.1 Å². The Balaban J connectivity index is 2.45. The molecule has 44 valence electrons. The van der Waals surface area contributed by atoms with Crippen molar-refractivity contribution in [2.45, 2.75) is 13.0 Å². The van der Waals surface area contributed by atoms with Crippen LogP contribution in [0.4, 0.5) is 0 Å². The van der Waals surface area contributed by atoms with E-state index in [9.17, 15) is 0 Å². The summed E-state index contributed by atoms with van der Waals surface area (Å²) in [6.07, 6.45) is 3.36. The number of nitrogens with zero attached hydrogens (tertiary/aromatic N) is 2. The maximum atomic E-state index is 4.02. The zero-order valence-electron chi connectivity index (χ0n) is 4.83. The Morgan fingerprint density at radius 3 is 3.38 bits per heavy atom. The van der Waals surface area contributed by atoms with E-state index >= 15 is 0 Å². The molecule has 0 fully saturated rings. The summed E-state index contributed by atoms with van der Waals surface area (Å²) in [6.45, 7) is 2.86. The lowest BCUT2D eigenvalue weighted by Gasteiger charge is -2.02. The highest BCUT2D eigenvalue weighted by Gasteiger charge is 1.95. The molecule has 0 spiro atoms. The van der Waals surface area contributed by atoms with Crippen molar-refractivity contribution in [3.8, 4) is 0 Å². The summed E-state index contributed by atoms with van der Waals surface area (Å²) in [7, 11) is 0. The summed E-state index contributed by atoms with van der Waals surface area (Å²) in [4.78, 5) is 4.02. The molecule has 0 aromatic heterocycles. The first-order chi connectivity index (χ1) is 3.89. The molecule has 0 aromatic rings. The van der Waals surface area contributed by atoms with Gasteiger partial charge in [-0.05, 0) is 6.92 Å². The Labute approximate surface area is 48.5 Å². The van der Waals surface area contributed by atoms with Gasteiger partial charge in [-0.25, -0.2) is 0 Å². The van der Waals surface area contributed by atoms with Gasteiger partial charge in [0, 0.05) is 6.21 Å². The third-order valence-electron chi connectivity index (χ3n) is 0.921. The SMILES string of the molecule is C[C@@H]1CN=CC=NN1. The summed E-state index contributed by atoms with van der Waals surface area (Å²) in [5.41, 5.74) is 2.89. The summed E-state index contributed by atoms with van der Waals surface area (Å²) in [5.74, 6) is 0. The largest absolute Gasteiger partial charge is 0.305 e. The summed E-state index contributed by atoms with van der Waals surface area (Å²) in [6, 6.07) is 0.380. The fourth-order valence-electron chi connectivity index (χ4n) is 0.511. The van der Waals surface area contributed by atoms with Gasteiger partial charge in [-0.1, -0.05) is 0 Å². The molecule has 0 saturated heterocycles. The average Bonchev–Trinajstić information content (AvgIpc) is 1.94. The van der Waals surface area contributed by atoms with Crippen LogP contribution >= 0.6 is 0 Å². The molecule has 1 aliphatic heterocycles. The van der Waals surface area contributed by atoms with E-state index in [1.54, 1.807) is 12.4 Å². The molecule has 1 heterocycles.